The quantitative estimate of drug-likeness (QED) is 0.547. The van der Waals surface area contributed by atoms with E-state index in [0.29, 0.717) is 27.5 Å². The molecule has 7 nitrogen and oxygen atoms in total. The number of anilines is 1. The van der Waals surface area contributed by atoms with E-state index in [9.17, 15) is 14.4 Å². The number of hydrogen-bond acceptors (Lipinski definition) is 7. The van der Waals surface area contributed by atoms with Crippen LogP contribution >= 0.6 is 23.4 Å². The number of aryl methyl sites for hydroxylation is 1. The summed E-state index contributed by atoms with van der Waals surface area (Å²) < 4.78 is 10.3. The average molecular weight is 471 g/mol. The van der Waals surface area contributed by atoms with Crippen molar-refractivity contribution in [3.63, 3.8) is 0 Å². The number of nitrogens with one attached hydrogen (secondary N) is 1. The number of pyridine rings is 1. The van der Waals surface area contributed by atoms with Gasteiger partial charge in [0.1, 0.15) is 6.61 Å². The molecule has 4 rings (SSSR count). The molecule has 0 aliphatic carbocycles. The van der Waals surface area contributed by atoms with Crippen molar-refractivity contribution < 1.29 is 23.9 Å². The zero-order valence-corrected chi connectivity index (χ0v) is 18.9. The van der Waals surface area contributed by atoms with Gasteiger partial charge in [-0.15, -0.1) is 11.8 Å². The standard InChI is InChI=1S/C23H19ClN2O5S/c1-12-14-5-3-4-6-15(14)25-17(21(12)23(29)30-2)11-31-20(27)10-19-22(28)26-16-9-13(24)7-8-18(16)32-19/h3-9,19H,10-11H2,1-2H3,(H,26,28). The summed E-state index contributed by atoms with van der Waals surface area (Å²) >= 11 is 7.24. The number of benzene rings is 2. The number of amides is 1. The molecular formula is C23H19ClN2O5S. The van der Waals surface area contributed by atoms with Crippen molar-refractivity contribution in [2.75, 3.05) is 12.4 Å². The van der Waals surface area contributed by atoms with Crippen LogP contribution in [0, 0.1) is 6.92 Å². The molecule has 0 saturated carbocycles. The minimum atomic E-state index is -0.637. The van der Waals surface area contributed by atoms with Crippen LogP contribution in [0.15, 0.2) is 47.4 Å². The Morgan fingerprint density at radius 2 is 2.00 bits per heavy atom. The third-order valence-corrected chi connectivity index (χ3v) is 6.61. The molecule has 0 saturated heterocycles. The number of methoxy groups -OCH3 is 1. The highest BCUT2D eigenvalue weighted by atomic mass is 35.5. The van der Waals surface area contributed by atoms with E-state index >= 15 is 0 Å². The van der Waals surface area contributed by atoms with E-state index in [4.69, 9.17) is 21.1 Å². The Bertz CT molecular complexity index is 1250. The summed E-state index contributed by atoms with van der Waals surface area (Å²) in [6.45, 7) is 1.59. The fraction of sp³-hybridized carbons (Fsp3) is 0.217. The first-order chi connectivity index (χ1) is 15.4. The van der Waals surface area contributed by atoms with Gasteiger partial charge in [-0.25, -0.2) is 9.78 Å². The lowest BCUT2D eigenvalue weighted by molar-refractivity contribution is -0.145. The summed E-state index contributed by atoms with van der Waals surface area (Å²) in [7, 11) is 1.29. The normalized spacial score (nSPS) is 15.1. The van der Waals surface area contributed by atoms with Crippen LogP contribution in [0.5, 0.6) is 0 Å². The number of esters is 2. The van der Waals surface area contributed by atoms with Crippen molar-refractivity contribution in [2.24, 2.45) is 0 Å². The van der Waals surface area contributed by atoms with Crippen LogP contribution in [-0.2, 0) is 25.7 Å². The number of halogens is 1. The summed E-state index contributed by atoms with van der Waals surface area (Å²) in [4.78, 5) is 42.6. The Kier molecular flexibility index (Phi) is 6.34. The molecule has 9 heteroatoms. The molecule has 1 N–H and O–H groups in total. The number of hydrogen-bond donors (Lipinski definition) is 1. The van der Waals surface area contributed by atoms with Gasteiger partial charge in [-0.3, -0.25) is 9.59 Å². The molecule has 1 aliphatic rings. The lowest BCUT2D eigenvalue weighted by Gasteiger charge is -2.23. The second-order valence-corrected chi connectivity index (χ2v) is 8.85. The van der Waals surface area contributed by atoms with Gasteiger partial charge in [-0.1, -0.05) is 29.8 Å². The van der Waals surface area contributed by atoms with Crippen LogP contribution in [0.25, 0.3) is 10.9 Å². The van der Waals surface area contributed by atoms with Crippen LogP contribution in [0.1, 0.15) is 28.0 Å². The van der Waals surface area contributed by atoms with Crippen LogP contribution in [-0.4, -0.2) is 35.2 Å². The molecule has 0 radical (unpaired) electrons. The van der Waals surface area contributed by atoms with Crippen molar-refractivity contribution in [3.05, 3.63) is 64.3 Å². The monoisotopic (exact) mass is 470 g/mol. The third-order valence-electron chi connectivity index (χ3n) is 5.10. The molecule has 3 aromatic rings. The van der Waals surface area contributed by atoms with E-state index in [1.54, 1.807) is 25.1 Å². The average Bonchev–Trinajstić information content (AvgIpc) is 2.78. The van der Waals surface area contributed by atoms with Gasteiger partial charge in [-0.05, 0) is 36.8 Å². The molecular weight excluding hydrogens is 452 g/mol. The van der Waals surface area contributed by atoms with Crippen molar-refractivity contribution in [1.29, 1.82) is 0 Å². The number of ether oxygens (including phenoxy) is 2. The lowest BCUT2D eigenvalue weighted by Crippen LogP contribution is -2.31. The highest BCUT2D eigenvalue weighted by Gasteiger charge is 2.30. The van der Waals surface area contributed by atoms with Gasteiger partial charge in [0.2, 0.25) is 5.91 Å². The van der Waals surface area contributed by atoms with Gasteiger partial charge in [-0.2, -0.15) is 0 Å². The molecule has 164 valence electrons. The summed E-state index contributed by atoms with van der Waals surface area (Å²) in [5.41, 5.74) is 2.58. The lowest BCUT2D eigenvalue weighted by atomic mass is 10.0. The first-order valence-electron chi connectivity index (χ1n) is 9.76. The Balaban J connectivity index is 1.50. The fourth-order valence-electron chi connectivity index (χ4n) is 3.53. The van der Waals surface area contributed by atoms with E-state index in [2.05, 4.69) is 10.3 Å². The molecule has 2 aromatic carbocycles. The minimum Gasteiger partial charge on any atom is -0.465 e. The van der Waals surface area contributed by atoms with Crippen molar-refractivity contribution in [2.45, 2.75) is 30.1 Å². The van der Waals surface area contributed by atoms with Crippen LogP contribution in [0.4, 0.5) is 5.69 Å². The van der Waals surface area contributed by atoms with Gasteiger partial charge in [0.25, 0.3) is 0 Å². The van der Waals surface area contributed by atoms with E-state index in [0.717, 1.165) is 10.3 Å². The number of aromatic nitrogens is 1. The molecule has 1 unspecified atom stereocenters. The van der Waals surface area contributed by atoms with Gasteiger partial charge in [0.05, 0.1) is 41.2 Å². The Labute approximate surface area is 193 Å². The summed E-state index contributed by atoms with van der Waals surface area (Å²) in [6, 6.07) is 12.6. The Morgan fingerprint density at radius 1 is 1.22 bits per heavy atom. The van der Waals surface area contributed by atoms with Crippen molar-refractivity contribution in [3.8, 4) is 0 Å². The van der Waals surface area contributed by atoms with Gasteiger partial charge in [0, 0.05) is 15.3 Å². The number of carbonyl (C=O) groups is 3. The van der Waals surface area contributed by atoms with Crippen LogP contribution in [0.2, 0.25) is 5.02 Å². The van der Waals surface area contributed by atoms with Gasteiger partial charge >= 0.3 is 11.9 Å². The molecule has 2 heterocycles. The molecule has 0 bridgehead atoms. The topological polar surface area (TPSA) is 94.6 Å². The number of thioether (sulfide) groups is 1. The second kappa shape index (κ2) is 9.18. The van der Waals surface area contributed by atoms with E-state index < -0.39 is 17.2 Å². The number of para-hydroxylation sites is 1. The van der Waals surface area contributed by atoms with E-state index in [1.165, 1.54) is 18.9 Å². The number of carbonyl (C=O) groups excluding carboxylic acids is 3. The fourth-order valence-corrected chi connectivity index (χ4v) is 4.78. The first kappa shape index (κ1) is 22.1. The largest absolute Gasteiger partial charge is 0.465 e. The van der Waals surface area contributed by atoms with Crippen molar-refractivity contribution in [1.82, 2.24) is 4.98 Å². The molecule has 1 aromatic heterocycles. The number of nitrogens with zero attached hydrogens (tertiary/aromatic N) is 1. The van der Waals surface area contributed by atoms with Crippen LogP contribution in [0.3, 0.4) is 0 Å². The summed E-state index contributed by atoms with van der Waals surface area (Å²) in [6.07, 6.45) is -0.126. The highest BCUT2D eigenvalue weighted by Crippen LogP contribution is 2.38. The molecule has 1 amide bonds. The highest BCUT2D eigenvalue weighted by molar-refractivity contribution is 8.01. The minimum absolute atomic E-state index is 0.126. The molecule has 0 fully saturated rings. The molecule has 1 aliphatic heterocycles. The maximum absolute atomic E-state index is 12.5. The maximum atomic E-state index is 12.5. The third kappa shape index (κ3) is 4.42. The SMILES string of the molecule is COC(=O)c1c(COC(=O)CC2Sc3ccc(Cl)cc3NC2=O)nc2ccccc2c1C. The maximum Gasteiger partial charge on any atom is 0.340 e. The summed E-state index contributed by atoms with van der Waals surface area (Å²) in [5, 5.41) is 3.46. The second-order valence-electron chi connectivity index (χ2n) is 7.17. The zero-order valence-electron chi connectivity index (χ0n) is 17.3. The first-order valence-corrected chi connectivity index (χ1v) is 11.0. The van der Waals surface area contributed by atoms with E-state index in [-0.39, 0.29) is 24.5 Å². The van der Waals surface area contributed by atoms with Gasteiger partial charge in [0.15, 0.2) is 0 Å². The summed E-state index contributed by atoms with van der Waals surface area (Å²) in [5.74, 6) is -1.42. The van der Waals surface area contributed by atoms with Crippen molar-refractivity contribution >= 4 is 57.8 Å². The molecule has 0 spiro atoms. The zero-order chi connectivity index (χ0) is 22.8. The predicted octanol–water partition coefficient (Wildman–Crippen LogP) is 4.53. The smallest absolute Gasteiger partial charge is 0.340 e. The molecule has 32 heavy (non-hydrogen) atoms. The van der Waals surface area contributed by atoms with Gasteiger partial charge < -0.3 is 14.8 Å². The Hall–Kier alpha value is -3.10. The Morgan fingerprint density at radius 3 is 2.78 bits per heavy atom. The van der Waals surface area contributed by atoms with E-state index in [1.807, 2.05) is 24.3 Å². The van der Waals surface area contributed by atoms with Crippen LogP contribution < -0.4 is 5.32 Å². The predicted molar refractivity (Wildman–Crippen MR) is 122 cm³/mol. The molecule has 1 atom stereocenters. The number of fused-ring (bicyclic) bond motifs is 2. The number of rotatable bonds is 5.